The van der Waals surface area contributed by atoms with Crippen LogP contribution in [0.5, 0.6) is 5.75 Å². The van der Waals surface area contributed by atoms with E-state index in [2.05, 4.69) is 0 Å². The fraction of sp³-hybridized carbons (Fsp3) is 0. The third kappa shape index (κ3) is 3.08. The number of rotatable bonds is 2. The monoisotopic (exact) mass is 440 g/mol. The van der Waals surface area contributed by atoms with E-state index >= 15 is 0 Å². The average Bonchev–Trinajstić information content (AvgIpc) is 2.21. The number of amides is 1. The molecule has 1 amide bonds. The van der Waals surface area contributed by atoms with Crippen LogP contribution in [0, 0.1) is 18.5 Å². The molecule has 0 saturated heterocycles. The van der Waals surface area contributed by atoms with Gasteiger partial charge in [-0.3, -0.25) is 4.79 Å². The van der Waals surface area contributed by atoms with E-state index in [9.17, 15) is 9.90 Å². The Morgan fingerprint density at radius 2 is 1.94 bits per heavy atom. The van der Waals surface area contributed by atoms with E-state index < -0.39 is 5.91 Å². The zero-order valence-corrected chi connectivity index (χ0v) is 12.2. The fourth-order valence-electron chi connectivity index (χ4n) is 0.994. The van der Waals surface area contributed by atoms with Gasteiger partial charge in [-0.15, -0.1) is 0 Å². The van der Waals surface area contributed by atoms with Crippen LogP contribution >= 0.6 is 45.2 Å². The van der Waals surface area contributed by atoms with E-state index in [1.807, 2.05) is 45.2 Å². The molecule has 0 unspecified atom stereocenters. The van der Waals surface area contributed by atoms with E-state index in [4.69, 9.17) is 11.0 Å². The van der Waals surface area contributed by atoms with Crippen LogP contribution in [-0.4, -0.2) is 11.0 Å². The maximum atomic E-state index is 10.8. The van der Waals surface area contributed by atoms with Crippen molar-refractivity contribution < 1.29 is 9.90 Å². The number of nitrogens with two attached hydrogens (primary N) is 1. The Morgan fingerprint density at radius 1 is 1.44 bits per heavy atom. The van der Waals surface area contributed by atoms with Gasteiger partial charge in [0.2, 0.25) is 0 Å². The molecular formula is C10H6I2N2O2. The molecule has 0 aromatic heterocycles. The Kier molecular flexibility index (Phi) is 4.55. The van der Waals surface area contributed by atoms with Gasteiger partial charge in [0, 0.05) is 0 Å². The number of hydrogen-bond donors (Lipinski definition) is 2. The number of benzene rings is 1. The van der Waals surface area contributed by atoms with Crippen molar-refractivity contribution in [1.82, 2.24) is 0 Å². The van der Waals surface area contributed by atoms with Crippen molar-refractivity contribution in [2.24, 2.45) is 5.73 Å². The lowest BCUT2D eigenvalue weighted by Gasteiger charge is -2.02. The van der Waals surface area contributed by atoms with E-state index in [1.54, 1.807) is 18.2 Å². The Labute approximate surface area is 119 Å². The molecule has 0 heterocycles. The van der Waals surface area contributed by atoms with Crippen molar-refractivity contribution in [3.63, 3.8) is 0 Å². The highest BCUT2D eigenvalue weighted by Crippen LogP contribution is 2.28. The highest BCUT2D eigenvalue weighted by molar-refractivity contribution is 14.1. The number of nitrogens with zero attached hydrogens (tertiary/aromatic N) is 1. The van der Waals surface area contributed by atoms with Crippen LogP contribution in [0.25, 0.3) is 6.08 Å². The molecule has 0 saturated carbocycles. The molecule has 3 N–H and O–H groups in total. The number of carbonyl (C=O) groups is 1. The molecule has 82 valence electrons. The molecule has 6 heteroatoms. The standard InChI is InChI=1S/C10H6I2N2O2/c11-7-2-5(3-8(12)9(7)15)1-6(4-13)10(14)16/h1-3,15H,(H2,14,16). The van der Waals surface area contributed by atoms with E-state index in [-0.39, 0.29) is 11.3 Å². The molecule has 1 rings (SSSR count). The highest BCUT2D eigenvalue weighted by atomic mass is 127. The zero-order chi connectivity index (χ0) is 12.3. The fourth-order valence-corrected chi connectivity index (χ4v) is 2.81. The van der Waals surface area contributed by atoms with Gasteiger partial charge in [0.1, 0.15) is 17.4 Å². The molecule has 1 aromatic rings. The second kappa shape index (κ2) is 5.49. The number of hydrogen-bond acceptors (Lipinski definition) is 3. The first-order valence-corrected chi connectivity index (χ1v) is 6.21. The van der Waals surface area contributed by atoms with Gasteiger partial charge in [-0.1, -0.05) is 0 Å². The van der Waals surface area contributed by atoms with Crippen LogP contribution in [-0.2, 0) is 4.79 Å². The minimum Gasteiger partial charge on any atom is -0.506 e. The summed E-state index contributed by atoms with van der Waals surface area (Å²) in [5.41, 5.74) is 5.56. The molecule has 0 radical (unpaired) electrons. The Bertz CT molecular complexity index is 495. The lowest BCUT2D eigenvalue weighted by atomic mass is 10.1. The maximum absolute atomic E-state index is 10.8. The first-order chi connectivity index (χ1) is 7.45. The Morgan fingerprint density at radius 3 is 2.31 bits per heavy atom. The molecule has 0 aliphatic rings. The average molecular weight is 440 g/mol. The van der Waals surface area contributed by atoms with Crippen LogP contribution < -0.4 is 5.73 Å². The largest absolute Gasteiger partial charge is 0.506 e. The molecule has 0 atom stereocenters. The number of nitriles is 1. The Hall–Kier alpha value is -0.820. The molecule has 0 spiro atoms. The number of aromatic hydroxyl groups is 1. The third-order valence-corrected chi connectivity index (χ3v) is 3.38. The normalized spacial score (nSPS) is 10.9. The molecule has 0 aliphatic heterocycles. The van der Waals surface area contributed by atoms with E-state index in [0.29, 0.717) is 12.7 Å². The van der Waals surface area contributed by atoms with Crippen molar-refractivity contribution in [2.75, 3.05) is 0 Å². The highest BCUT2D eigenvalue weighted by Gasteiger charge is 2.07. The molecule has 1 aromatic carbocycles. The van der Waals surface area contributed by atoms with Gasteiger partial charge in [0.05, 0.1) is 7.14 Å². The van der Waals surface area contributed by atoms with Gasteiger partial charge < -0.3 is 10.8 Å². The smallest absolute Gasteiger partial charge is 0.259 e. The van der Waals surface area contributed by atoms with Crippen molar-refractivity contribution in [3.8, 4) is 11.8 Å². The van der Waals surface area contributed by atoms with Gasteiger partial charge in [-0.05, 0) is 69.0 Å². The molecule has 0 bridgehead atoms. The minimum atomic E-state index is -0.763. The number of carbonyl (C=O) groups excluding carboxylic acids is 1. The lowest BCUT2D eigenvalue weighted by molar-refractivity contribution is -0.114. The van der Waals surface area contributed by atoms with Gasteiger partial charge >= 0.3 is 0 Å². The predicted molar refractivity (Wildman–Crippen MR) is 76.3 cm³/mol. The van der Waals surface area contributed by atoms with Crippen molar-refractivity contribution >= 4 is 57.2 Å². The summed E-state index contributed by atoms with van der Waals surface area (Å²) in [6.45, 7) is 0. The zero-order valence-electron chi connectivity index (χ0n) is 7.87. The molecule has 0 fully saturated rings. The summed E-state index contributed by atoms with van der Waals surface area (Å²) in [6, 6.07) is 5.05. The molecule has 0 aliphatic carbocycles. The summed E-state index contributed by atoms with van der Waals surface area (Å²) in [7, 11) is 0. The van der Waals surface area contributed by atoms with Crippen LogP contribution in [0.3, 0.4) is 0 Å². The first-order valence-electron chi connectivity index (χ1n) is 4.05. The van der Waals surface area contributed by atoms with E-state index in [0.717, 1.165) is 0 Å². The summed E-state index contributed by atoms with van der Waals surface area (Å²) < 4.78 is 1.30. The third-order valence-electron chi connectivity index (χ3n) is 1.74. The summed E-state index contributed by atoms with van der Waals surface area (Å²) in [5.74, 6) is -0.573. The topological polar surface area (TPSA) is 87.1 Å². The summed E-state index contributed by atoms with van der Waals surface area (Å²) in [6.07, 6.45) is 1.39. The minimum absolute atomic E-state index is 0.114. The Balaban J connectivity index is 3.27. The number of primary amides is 1. The summed E-state index contributed by atoms with van der Waals surface area (Å²) in [5, 5.41) is 18.2. The van der Waals surface area contributed by atoms with Crippen molar-refractivity contribution in [3.05, 3.63) is 30.4 Å². The van der Waals surface area contributed by atoms with Crippen LogP contribution in [0.15, 0.2) is 17.7 Å². The maximum Gasteiger partial charge on any atom is 0.259 e. The summed E-state index contributed by atoms with van der Waals surface area (Å²) >= 11 is 3.94. The molecular weight excluding hydrogens is 434 g/mol. The van der Waals surface area contributed by atoms with Gasteiger partial charge in [-0.2, -0.15) is 5.26 Å². The van der Waals surface area contributed by atoms with Crippen LogP contribution in [0.1, 0.15) is 5.56 Å². The number of phenols is 1. The van der Waals surface area contributed by atoms with E-state index in [1.165, 1.54) is 6.08 Å². The van der Waals surface area contributed by atoms with Crippen molar-refractivity contribution in [2.45, 2.75) is 0 Å². The molecule has 4 nitrogen and oxygen atoms in total. The quantitative estimate of drug-likeness (QED) is 0.419. The van der Waals surface area contributed by atoms with Gasteiger partial charge in [0.15, 0.2) is 0 Å². The van der Waals surface area contributed by atoms with Crippen LogP contribution in [0.4, 0.5) is 0 Å². The number of phenolic OH excluding ortho intramolecular Hbond substituents is 1. The second-order valence-electron chi connectivity index (χ2n) is 2.87. The van der Waals surface area contributed by atoms with Crippen molar-refractivity contribution in [1.29, 1.82) is 5.26 Å². The van der Waals surface area contributed by atoms with Gasteiger partial charge in [-0.25, -0.2) is 0 Å². The van der Waals surface area contributed by atoms with Crippen LogP contribution in [0.2, 0.25) is 0 Å². The summed E-state index contributed by atoms with van der Waals surface area (Å²) in [4.78, 5) is 10.8. The predicted octanol–water partition coefficient (Wildman–Crippen LogP) is 1.99. The second-order valence-corrected chi connectivity index (χ2v) is 5.19. The lowest BCUT2D eigenvalue weighted by Crippen LogP contribution is -2.12. The molecule has 16 heavy (non-hydrogen) atoms. The number of halogens is 2. The van der Waals surface area contributed by atoms with Gasteiger partial charge in [0.25, 0.3) is 5.91 Å². The first kappa shape index (κ1) is 13.2. The SMILES string of the molecule is N#CC(=Cc1cc(I)c(O)c(I)c1)C(N)=O.